The number of hydrogen-bond donors (Lipinski definition) is 1. The van der Waals surface area contributed by atoms with Crippen LogP contribution in [0.5, 0.6) is 0 Å². The van der Waals surface area contributed by atoms with E-state index in [0.717, 1.165) is 23.1 Å². The summed E-state index contributed by atoms with van der Waals surface area (Å²) in [6.07, 6.45) is 5.36. The molecule has 2 bridgehead atoms. The standard InChI is InChI=1S/C17H22N2O/c1-11-3-6-14(7-4-11)17(20)19-18-12(2)16-10-13-5-8-15(16)9-13/h3-4,6-7,13,15-16H,5,8-10H2,1-2H3,(H,19,20)/b18-12+. The van der Waals surface area contributed by atoms with E-state index < -0.39 is 0 Å². The second-order valence-corrected chi connectivity index (χ2v) is 6.34. The van der Waals surface area contributed by atoms with Gasteiger partial charge in [0, 0.05) is 17.2 Å². The highest BCUT2D eigenvalue weighted by atomic mass is 16.2. The molecule has 3 nitrogen and oxygen atoms in total. The summed E-state index contributed by atoms with van der Waals surface area (Å²) in [4.78, 5) is 12.0. The van der Waals surface area contributed by atoms with Crippen LogP contribution in [0, 0.1) is 24.7 Å². The lowest BCUT2D eigenvalue weighted by Crippen LogP contribution is -2.24. The second-order valence-electron chi connectivity index (χ2n) is 6.34. The number of benzene rings is 1. The van der Waals surface area contributed by atoms with Crippen LogP contribution >= 0.6 is 0 Å². The van der Waals surface area contributed by atoms with Gasteiger partial charge in [0.05, 0.1) is 0 Å². The van der Waals surface area contributed by atoms with Gasteiger partial charge in [0.2, 0.25) is 0 Å². The topological polar surface area (TPSA) is 41.5 Å². The maximum atomic E-state index is 12.0. The van der Waals surface area contributed by atoms with E-state index >= 15 is 0 Å². The van der Waals surface area contributed by atoms with Crippen LogP contribution in [0.25, 0.3) is 0 Å². The molecule has 0 spiro atoms. The fourth-order valence-corrected chi connectivity index (χ4v) is 3.75. The van der Waals surface area contributed by atoms with Crippen LogP contribution in [-0.2, 0) is 0 Å². The first-order chi connectivity index (χ1) is 9.63. The minimum atomic E-state index is -0.118. The molecule has 0 aliphatic heterocycles. The molecule has 1 aromatic rings. The van der Waals surface area contributed by atoms with Crippen molar-refractivity contribution in [3.8, 4) is 0 Å². The van der Waals surface area contributed by atoms with Gasteiger partial charge in [-0.3, -0.25) is 4.79 Å². The van der Waals surface area contributed by atoms with Crippen LogP contribution in [0.2, 0.25) is 0 Å². The minimum absolute atomic E-state index is 0.118. The summed E-state index contributed by atoms with van der Waals surface area (Å²) < 4.78 is 0. The summed E-state index contributed by atoms with van der Waals surface area (Å²) in [5, 5.41) is 4.34. The van der Waals surface area contributed by atoms with Crippen molar-refractivity contribution in [2.24, 2.45) is 22.9 Å². The third-order valence-electron chi connectivity index (χ3n) is 4.92. The van der Waals surface area contributed by atoms with E-state index in [9.17, 15) is 4.79 Å². The molecule has 3 heteroatoms. The summed E-state index contributed by atoms with van der Waals surface area (Å²) in [6, 6.07) is 7.57. The van der Waals surface area contributed by atoms with Gasteiger partial charge in [0.1, 0.15) is 0 Å². The monoisotopic (exact) mass is 270 g/mol. The molecule has 0 heterocycles. The molecular weight excluding hydrogens is 248 g/mol. The normalized spacial score (nSPS) is 28.7. The predicted octanol–water partition coefficient (Wildman–Crippen LogP) is 3.54. The number of rotatable bonds is 3. The highest BCUT2D eigenvalue weighted by Crippen LogP contribution is 2.48. The van der Waals surface area contributed by atoms with E-state index in [0.29, 0.717) is 11.5 Å². The Balaban J connectivity index is 1.61. The van der Waals surface area contributed by atoms with Gasteiger partial charge in [-0.05, 0) is 57.1 Å². The Morgan fingerprint density at radius 1 is 1.20 bits per heavy atom. The molecule has 1 aromatic carbocycles. The van der Waals surface area contributed by atoms with Gasteiger partial charge in [-0.2, -0.15) is 5.10 Å². The number of nitrogens with one attached hydrogen (secondary N) is 1. The van der Waals surface area contributed by atoms with Gasteiger partial charge >= 0.3 is 0 Å². The first-order valence-electron chi connectivity index (χ1n) is 7.54. The van der Waals surface area contributed by atoms with Gasteiger partial charge in [0.15, 0.2) is 0 Å². The van der Waals surface area contributed by atoms with Crippen LogP contribution in [0.1, 0.15) is 48.5 Å². The molecule has 1 N–H and O–H groups in total. The third kappa shape index (κ3) is 2.62. The second kappa shape index (κ2) is 5.39. The van der Waals surface area contributed by atoms with E-state index in [2.05, 4.69) is 17.5 Å². The van der Waals surface area contributed by atoms with Crippen molar-refractivity contribution in [3.63, 3.8) is 0 Å². The van der Waals surface area contributed by atoms with Crippen LogP contribution in [-0.4, -0.2) is 11.6 Å². The van der Waals surface area contributed by atoms with Gasteiger partial charge in [-0.1, -0.05) is 24.1 Å². The fraction of sp³-hybridized carbons (Fsp3) is 0.529. The van der Waals surface area contributed by atoms with Crippen molar-refractivity contribution in [3.05, 3.63) is 35.4 Å². The molecule has 0 radical (unpaired) electrons. The predicted molar refractivity (Wildman–Crippen MR) is 80.7 cm³/mol. The molecule has 3 unspecified atom stereocenters. The van der Waals surface area contributed by atoms with Crippen LogP contribution in [0.4, 0.5) is 0 Å². The van der Waals surface area contributed by atoms with E-state index in [1.165, 1.54) is 25.7 Å². The summed E-state index contributed by atoms with van der Waals surface area (Å²) in [7, 11) is 0. The molecule has 2 fully saturated rings. The zero-order valence-electron chi connectivity index (χ0n) is 12.2. The molecule has 2 aliphatic carbocycles. The van der Waals surface area contributed by atoms with E-state index in [1.54, 1.807) is 0 Å². The summed E-state index contributed by atoms with van der Waals surface area (Å²) in [6.45, 7) is 4.07. The molecule has 3 rings (SSSR count). The number of carbonyl (C=O) groups excluding carboxylic acids is 1. The molecule has 3 atom stereocenters. The number of fused-ring (bicyclic) bond motifs is 2. The van der Waals surface area contributed by atoms with Crippen molar-refractivity contribution >= 4 is 11.6 Å². The Hall–Kier alpha value is -1.64. The molecule has 0 saturated heterocycles. The molecule has 2 saturated carbocycles. The first-order valence-corrected chi connectivity index (χ1v) is 7.54. The third-order valence-corrected chi connectivity index (χ3v) is 4.92. The van der Waals surface area contributed by atoms with Crippen LogP contribution < -0.4 is 5.43 Å². The molecule has 1 amide bonds. The van der Waals surface area contributed by atoms with Crippen molar-refractivity contribution in [1.82, 2.24) is 5.43 Å². The average Bonchev–Trinajstić information content (AvgIpc) is 3.08. The zero-order chi connectivity index (χ0) is 14.1. The number of hydrogen-bond acceptors (Lipinski definition) is 2. The number of amides is 1. The minimum Gasteiger partial charge on any atom is -0.267 e. The van der Waals surface area contributed by atoms with Crippen LogP contribution in [0.3, 0.4) is 0 Å². The Kier molecular flexibility index (Phi) is 3.60. The fourth-order valence-electron chi connectivity index (χ4n) is 3.75. The van der Waals surface area contributed by atoms with Gasteiger partial charge in [-0.25, -0.2) is 5.43 Å². The van der Waals surface area contributed by atoms with Crippen molar-refractivity contribution in [1.29, 1.82) is 0 Å². The maximum absolute atomic E-state index is 12.0. The number of carbonyl (C=O) groups is 1. The molecule has 2 aliphatic rings. The molecule has 20 heavy (non-hydrogen) atoms. The van der Waals surface area contributed by atoms with E-state index in [1.807, 2.05) is 31.2 Å². The van der Waals surface area contributed by atoms with Crippen LogP contribution in [0.15, 0.2) is 29.4 Å². The SMILES string of the molecule is C/C(=N\NC(=O)c1ccc(C)cc1)C1CC2CCC1C2. The van der Waals surface area contributed by atoms with Crippen molar-refractivity contribution in [2.45, 2.75) is 39.5 Å². The van der Waals surface area contributed by atoms with Crippen molar-refractivity contribution in [2.75, 3.05) is 0 Å². The zero-order valence-corrected chi connectivity index (χ0v) is 12.2. The molecule has 106 valence electrons. The first kappa shape index (κ1) is 13.3. The van der Waals surface area contributed by atoms with Gasteiger partial charge in [-0.15, -0.1) is 0 Å². The largest absolute Gasteiger partial charge is 0.271 e. The maximum Gasteiger partial charge on any atom is 0.271 e. The average molecular weight is 270 g/mol. The Bertz CT molecular complexity index is 532. The Morgan fingerprint density at radius 3 is 2.55 bits per heavy atom. The number of nitrogens with zero attached hydrogens (tertiary/aromatic N) is 1. The Labute approximate surface area is 120 Å². The van der Waals surface area contributed by atoms with E-state index in [-0.39, 0.29) is 5.91 Å². The highest BCUT2D eigenvalue weighted by molar-refractivity contribution is 5.95. The van der Waals surface area contributed by atoms with Gasteiger partial charge < -0.3 is 0 Å². The lowest BCUT2D eigenvalue weighted by molar-refractivity contribution is 0.0954. The number of hydrazone groups is 1. The quantitative estimate of drug-likeness (QED) is 0.662. The van der Waals surface area contributed by atoms with Gasteiger partial charge in [0.25, 0.3) is 5.91 Å². The highest BCUT2D eigenvalue weighted by Gasteiger charge is 2.40. The van der Waals surface area contributed by atoms with Crippen molar-refractivity contribution < 1.29 is 4.79 Å². The number of aryl methyl sites for hydroxylation is 1. The Morgan fingerprint density at radius 2 is 1.95 bits per heavy atom. The lowest BCUT2D eigenvalue weighted by Gasteiger charge is -2.21. The summed E-state index contributed by atoms with van der Waals surface area (Å²) in [5.41, 5.74) is 5.62. The molecular formula is C17H22N2O. The molecule has 0 aromatic heterocycles. The lowest BCUT2D eigenvalue weighted by atomic mass is 9.86. The smallest absolute Gasteiger partial charge is 0.267 e. The summed E-state index contributed by atoms with van der Waals surface area (Å²) in [5.74, 6) is 2.18. The van der Waals surface area contributed by atoms with E-state index in [4.69, 9.17) is 0 Å². The summed E-state index contributed by atoms with van der Waals surface area (Å²) >= 11 is 0.